The zero-order chi connectivity index (χ0) is 14.1. The number of rotatable bonds is 3. The highest BCUT2D eigenvalue weighted by atomic mass is 16.4. The highest BCUT2D eigenvalue weighted by molar-refractivity contribution is 5.95. The van der Waals surface area contributed by atoms with E-state index in [4.69, 9.17) is 0 Å². The molecule has 0 aliphatic rings. The summed E-state index contributed by atoms with van der Waals surface area (Å²) >= 11 is 0. The van der Waals surface area contributed by atoms with E-state index in [1.807, 2.05) is 47.9 Å². The lowest BCUT2D eigenvalue weighted by molar-refractivity contribution is 0.0685. The molecule has 0 aliphatic heterocycles. The Morgan fingerprint density at radius 3 is 2.80 bits per heavy atom. The van der Waals surface area contributed by atoms with Gasteiger partial charge in [-0.15, -0.1) is 0 Å². The largest absolute Gasteiger partial charge is 0.477 e. The first kappa shape index (κ1) is 12.4. The van der Waals surface area contributed by atoms with Gasteiger partial charge in [0.2, 0.25) is 0 Å². The van der Waals surface area contributed by atoms with Gasteiger partial charge < -0.3 is 9.67 Å². The lowest BCUT2D eigenvalue weighted by atomic mass is 10.1. The normalized spacial score (nSPS) is 10.8. The number of benzene rings is 1. The van der Waals surface area contributed by atoms with Crippen LogP contribution >= 0.6 is 0 Å². The molecule has 0 unspecified atom stereocenters. The summed E-state index contributed by atoms with van der Waals surface area (Å²) in [5.41, 5.74) is 3.13. The molecule has 0 saturated carbocycles. The van der Waals surface area contributed by atoms with Crippen molar-refractivity contribution < 1.29 is 9.90 Å². The van der Waals surface area contributed by atoms with Gasteiger partial charge in [0.1, 0.15) is 5.69 Å². The zero-order valence-electron chi connectivity index (χ0n) is 11.1. The minimum Gasteiger partial charge on any atom is -0.477 e. The summed E-state index contributed by atoms with van der Waals surface area (Å²) in [6.45, 7) is 2.56. The van der Waals surface area contributed by atoms with Crippen LogP contribution in [-0.4, -0.2) is 20.6 Å². The molecular formula is C16H14N2O2. The lowest BCUT2D eigenvalue weighted by Gasteiger charge is -2.11. The molecule has 4 heteroatoms. The number of hydrogen-bond acceptors (Lipinski definition) is 2. The van der Waals surface area contributed by atoms with E-state index in [0.29, 0.717) is 12.2 Å². The molecular weight excluding hydrogens is 252 g/mol. The average molecular weight is 266 g/mol. The number of aromatic nitrogens is 2. The van der Waals surface area contributed by atoms with Gasteiger partial charge in [0, 0.05) is 29.4 Å². The van der Waals surface area contributed by atoms with Crippen molar-refractivity contribution in [2.24, 2.45) is 0 Å². The topological polar surface area (TPSA) is 55.1 Å². The number of pyridine rings is 1. The Kier molecular flexibility index (Phi) is 2.99. The quantitative estimate of drug-likeness (QED) is 0.790. The van der Waals surface area contributed by atoms with Crippen molar-refractivity contribution in [3.8, 4) is 11.3 Å². The highest BCUT2D eigenvalue weighted by Crippen LogP contribution is 2.29. The Morgan fingerprint density at radius 1 is 1.20 bits per heavy atom. The van der Waals surface area contributed by atoms with Crippen LogP contribution in [0.2, 0.25) is 0 Å². The molecule has 1 N–H and O–H groups in total. The molecule has 4 nitrogen and oxygen atoms in total. The molecule has 0 amide bonds. The lowest BCUT2D eigenvalue weighted by Crippen LogP contribution is -2.08. The fraction of sp³-hybridized carbons (Fsp3) is 0.125. The number of carbonyl (C=O) groups is 1. The molecule has 100 valence electrons. The van der Waals surface area contributed by atoms with Gasteiger partial charge in [0.05, 0.1) is 5.52 Å². The number of carboxylic acids is 1. The molecule has 20 heavy (non-hydrogen) atoms. The summed E-state index contributed by atoms with van der Waals surface area (Å²) in [6.07, 6.45) is 1.76. The van der Waals surface area contributed by atoms with Gasteiger partial charge in [-0.1, -0.05) is 18.2 Å². The molecule has 0 bridgehead atoms. The first-order valence-electron chi connectivity index (χ1n) is 6.49. The zero-order valence-corrected chi connectivity index (χ0v) is 11.1. The van der Waals surface area contributed by atoms with Crippen LogP contribution in [0.5, 0.6) is 0 Å². The summed E-state index contributed by atoms with van der Waals surface area (Å²) in [7, 11) is 0. The number of hydrogen-bond donors (Lipinski definition) is 1. The Bertz CT molecular complexity index is 785. The van der Waals surface area contributed by atoms with Gasteiger partial charge in [-0.25, -0.2) is 4.79 Å². The maximum absolute atomic E-state index is 11.3. The molecule has 0 saturated heterocycles. The van der Waals surface area contributed by atoms with Crippen molar-refractivity contribution in [3.05, 3.63) is 54.4 Å². The van der Waals surface area contributed by atoms with E-state index in [0.717, 1.165) is 22.2 Å². The van der Waals surface area contributed by atoms with E-state index in [1.54, 1.807) is 12.3 Å². The van der Waals surface area contributed by atoms with Gasteiger partial charge in [-0.05, 0) is 31.2 Å². The predicted octanol–water partition coefficient (Wildman–Crippen LogP) is 3.42. The molecule has 0 radical (unpaired) electrons. The summed E-state index contributed by atoms with van der Waals surface area (Å²) < 4.78 is 1.81. The van der Waals surface area contributed by atoms with E-state index in [-0.39, 0.29) is 0 Å². The maximum atomic E-state index is 11.3. The van der Waals surface area contributed by atoms with Gasteiger partial charge in [0.25, 0.3) is 0 Å². The summed E-state index contributed by atoms with van der Waals surface area (Å²) in [4.78, 5) is 15.6. The van der Waals surface area contributed by atoms with Gasteiger partial charge in [0.15, 0.2) is 0 Å². The Labute approximate surface area is 116 Å². The van der Waals surface area contributed by atoms with Crippen LogP contribution in [0.3, 0.4) is 0 Å². The third kappa shape index (κ3) is 1.86. The Morgan fingerprint density at radius 2 is 2.05 bits per heavy atom. The summed E-state index contributed by atoms with van der Waals surface area (Å²) in [6, 6.07) is 13.3. The Balaban J connectivity index is 2.29. The summed E-state index contributed by atoms with van der Waals surface area (Å²) in [5, 5.41) is 10.3. The fourth-order valence-corrected chi connectivity index (χ4v) is 2.56. The second-order valence-corrected chi connectivity index (χ2v) is 4.53. The SMILES string of the molecule is CCn1c(C(=O)O)ccc1-c1cccc2ncccc12. The van der Waals surface area contributed by atoms with E-state index < -0.39 is 5.97 Å². The van der Waals surface area contributed by atoms with E-state index in [1.165, 1.54) is 0 Å². The molecule has 0 aliphatic carbocycles. The molecule has 3 rings (SSSR count). The standard InChI is InChI=1S/C16H14N2O2/c1-2-18-14(8-9-15(18)16(19)20)12-5-3-7-13-11(12)6-4-10-17-13/h3-10H,2H2,1H3,(H,19,20). The van der Waals surface area contributed by atoms with Crippen LogP contribution in [0.15, 0.2) is 48.7 Å². The average Bonchev–Trinajstić information content (AvgIpc) is 2.90. The second kappa shape index (κ2) is 4.81. The predicted molar refractivity (Wildman–Crippen MR) is 77.8 cm³/mol. The second-order valence-electron chi connectivity index (χ2n) is 4.53. The number of nitrogens with zero attached hydrogens (tertiary/aromatic N) is 2. The van der Waals surface area contributed by atoms with Crippen molar-refractivity contribution in [2.75, 3.05) is 0 Å². The fourth-order valence-electron chi connectivity index (χ4n) is 2.56. The minimum atomic E-state index is -0.906. The van der Waals surface area contributed by atoms with Gasteiger partial charge >= 0.3 is 5.97 Å². The molecule has 0 atom stereocenters. The van der Waals surface area contributed by atoms with E-state index >= 15 is 0 Å². The van der Waals surface area contributed by atoms with Crippen LogP contribution in [0, 0.1) is 0 Å². The number of aromatic carboxylic acids is 1. The van der Waals surface area contributed by atoms with Crippen LogP contribution in [-0.2, 0) is 6.54 Å². The smallest absolute Gasteiger partial charge is 0.352 e. The number of fused-ring (bicyclic) bond motifs is 1. The third-order valence-corrected chi connectivity index (χ3v) is 3.44. The first-order chi connectivity index (χ1) is 9.72. The van der Waals surface area contributed by atoms with Crippen LogP contribution in [0.1, 0.15) is 17.4 Å². The minimum absolute atomic E-state index is 0.309. The van der Waals surface area contributed by atoms with Crippen molar-refractivity contribution >= 4 is 16.9 Å². The van der Waals surface area contributed by atoms with Gasteiger partial charge in [-0.3, -0.25) is 4.98 Å². The van der Waals surface area contributed by atoms with Crippen LogP contribution in [0.25, 0.3) is 22.2 Å². The third-order valence-electron chi connectivity index (χ3n) is 3.44. The molecule has 1 aromatic carbocycles. The highest BCUT2D eigenvalue weighted by Gasteiger charge is 2.15. The van der Waals surface area contributed by atoms with E-state index in [2.05, 4.69) is 4.98 Å². The molecule has 2 aromatic heterocycles. The first-order valence-corrected chi connectivity index (χ1v) is 6.49. The van der Waals surface area contributed by atoms with Gasteiger partial charge in [-0.2, -0.15) is 0 Å². The number of carboxylic acid groups (broad SMARTS) is 1. The molecule has 3 aromatic rings. The molecule has 0 spiro atoms. The monoisotopic (exact) mass is 266 g/mol. The molecule has 0 fully saturated rings. The van der Waals surface area contributed by atoms with Crippen molar-refractivity contribution in [1.29, 1.82) is 0 Å². The van der Waals surface area contributed by atoms with E-state index in [9.17, 15) is 9.90 Å². The van der Waals surface area contributed by atoms with Crippen molar-refractivity contribution in [2.45, 2.75) is 13.5 Å². The van der Waals surface area contributed by atoms with Crippen molar-refractivity contribution in [1.82, 2.24) is 9.55 Å². The Hall–Kier alpha value is -2.62. The van der Waals surface area contributed by atoms with Crippen LogP contribution in [0.4, 0.5) is 0 Å². The molecule has 2 heterocycles. The van der Waals surface area contributed by atoms with Crippen molar-refractivity contribution in [3.63, 3.8) is 0 Å². The summed E-state index contributed by atoms with van der Waals surface area (Å²) in [5.74, 6) is -0.906. The maximum Gasteiger partial charge on any atom is 0.352 e. The van der Waals surface area contributed by atoms with Crippen LogP contribution < -0.4 is 0 Å².